The first-order valence-corrected chi connectivity index (χ1v) is 3.79. The first-order valence-electron chi connectivity index (χ1n) is 3.79. The number of anilines is 1. The molecule has 0 amide bonds. The molecule has 0 saturated carbocycles. The molecule has 0 aliphatic rings. The molecule has 0 saturated heterocycles. The molecule has 1 rings (SSSR count). The Morgan fingerprint density at radius 1 is 1.62 bits per heavy atom. The van der Waals surface area contributed by atoms with Crippen LogP contribution in [-0.4, -0.2) is 14.9 Å². The fourth-order valence-corrected chi connectivity index (χ4v) is 0.969. The normalized spacial score (nSPS) is 10.4. The molecule has 0 radical (unpaired) electrons. The monoisotopic (exact) mass is 182 g/mol. The van der Waals surface area contributed by atoms with Gasteiger partial charge < -0.3 is 5.73 Å². The van der Waals surface area contributed by atoms with E-state index >= 15 is 0 Å². The summed E-state index contributed by atoms with van der Waals surface area (Å²) in [7, 11) is 0. The molecule has 6 heteroatoms. The van der Waals surface area contributed by atoms with E-state index in [4.69, 9.17) is 5.73 Å². The van der Waals surface area contributed by atoms with Crippen molar-refractivity contribution >= 4 is 11.6 Å². The SMILES string of the molecule is CC(C)c1nc(N)ncc1[N+](=O)[O-]. The van der Waals surface area contributed by atoms with Gasteiger partial charge in [-0.25, -0.2) is 9.97 Å². The van der Waals surface area contributed by atoms with Crippen LogP contribution in [0.1, 0.15) is 25.5 Å². The van der Waals surface area contributed by atoms with Crippen molar-refractivity contribution in [3.63, 3.8) is 0 Å². The predicted octanol–water partition coefficient (Wildman–Crippen LogP) is 1.09. The van der Waals surface area contributed by atoms with Gasteiger partial charge in [0.05, 0.1) is 4.92 Å². The predicted molar refractivity (Wildman–Crippen MR) is 47.2 cm³/mol. The highest BCUT2D eigenvalue weighted by Crippen LogP contribution is 2.23. The molecular formula is C7H10N4O2. The second-order valence-corrected chi connectivity index (χ2v) is 2.91. The first-order chi connectivity index (χ1) is 6.02. The number of rotatable bonds is 2. The van der Waals surface area contributed by atoms with E-state index in [-0.39, 0.29) is 17.6 Å². The lowest BCUT2D eigenvalue weighted by molar-refractivity contribution is -0.386. The topological polar surface area (TPSA) is 94.9 Å². The van der Waals surface area contributed by atoms with Crippen molar-refractivity contribution in [2.75, 3.05) is 5.73 Å². The summed E-state index contributed by atoms with van der Waals surface area (Å²) in [6.45, 7) is 3.63. The molecule has 0 aliphatic heterocycles. The van der Waals surface area contributed by atoms with Gasteiger partial charge in [-0.1, -0.05) is 13.8 Å². The number of hydrogen-bond donors (Lipinski definition) is 1. The van der Waals surface area contributed by atoms with Crippen LogP contribution in [0.4, 0.5) is 11.6 Å². The summed E-state index contributed by atoms with van der Waals surface area (Å²) in [6.07, 6.45) is 1.14. The molecule has 0 atom stereocenters. The summed E-state index contributed by atoms with van der Waals surface area (Å²) < 4.78 is 0. The Kier molecular flexibility index (Phi) is 2.41. The number of nitro groups is 1. The van der Waals surface area contributed by atoms with Crippen molar-refractivity contribution in [3.05, 3.63) is 22.0 Å². The van der Waals surface area contributed by atoms with Crippen LogP contribution in [0, 0.1) is 10.1 Å². The summed E-state index contributed by atoms with van der Waals surface area (Å²) in [6, 6.07) is 0. The van der Waals surface area contributed by atoms with Crippen LogP contribution in [0.5, 0.6) is 0 Å². The Labute approximate surface area is 75.0 Å². The number of hydrogen-bond acceptors (Lipinski definition) is 5. The molecule has 0 unspecified atom stereocenters. The zero-order chi connectivity index (χ0) is 10.0. The maximum Gasteiger partial charge on any atom is 0.309 e. The molecule has 13 heavy (non-hydrogen) atoms. The van der Waals surface area contributed by atoms with Crippen molar-refractivity contribution in [3.8, 4) is 0 Å². The molecule has 0 spiro atoms. The fourth-order valence-electron chi connectivity index (χ4n) is 0.969. The van der Waals surface area contributed by atoms with Gasteiger partial charge >= 0.3 is 5.69 Å². The zero-order valence-electron chi connectivity index (χ0n) is 7.39. The van der Waals surface area contributed by atoms with E-state index in [0.717, 1.165) is 6.20 Å². The fraction of sp³-hybridized carbons (Fsp3) is 0.429. The quantitative estimate of drug-likeness (QED) is 0.545. The molecule has 70 valence electrons. The minimum absolute atomic E-state index is 0.0364. The second kappa shape index (κ2) is 3.34. The second-order valence-electron chi connectivity index (χ2n) is 2.91. The van der Waals surface area contributed by atoms with E-state index in [1.54, 1.807) is 0 Å². The molecular weight excluding hydrogens is 172 g/mol. The van der Waals surface area contributed by atoms with Gasteiger partial charge in [-0.05, 0) is 0 Å². The molecule has 1 aromatic rings. The van der Waals surface area contributed by atoms with E-state index in [9.17, 15) is 10.1 Å². The molecule has 0 aromatic carbocycles. The Morgan fingerprint density at radius 2 is 2.23 bits per heavy atom. The van der Waals surface area contributed by atoms with Gasteiger partial charge in [0.25, 0.3) is 0 Å². The molecule has 0 fully saturated rings. The number of nitrogens with two attached hydrogens (primary N) is 1. The van der Waals surface area contributed by atoms with Crippen molar-refractivity contribution in [1.29, 1.82) is 0 Å². The van der Waals surface area contributed by atoms with E-state index in [1.807, 2.05) is 13.8 Å². The van der Waals surface area contributed by atoms with Gasteiger partial charge in [0, 0.05) is 5.92 Å². The molecule has 2 N–H and O–H groups in total. The van der Waals surface area contributed by atoms with Crippen LogP contribution in [0.2, 0.25) is 0 Å². The lowest BCUT2D eigenvalue weighted by Gasteiger charge is -2.04. The van der Waals surface area contributed by atoms with Crippen LogP contribution in [0.15, 0.2) is 6.20 Å². The van der Waals surface area contributed by atoms with Crippen molar-refractivity contribution < 1.29 is 4.92 Å². The molecule has 0 aliphatic carbocycles. The Balaban J connectivity index is 3.26. The molecule has 1 heterocycles. The lowest BCUT2D eigenvalue weighted by atomic mass is 10.1. The average Bonchev–Trinajstić information content (AvgIpc) is 2.03. The van der Waals surface area contributed by atoms with Gasteiger partial charge in [0.15, 0.2) is 0 Å². The minimum Gasteiger partial charge on any atom is -0.368 e. The highest BCUT2D eigenvalue weighted by atomic mass is 16.6. The molecule has 0 bridgehead atoms. The number of nitrogen functional groups attached to an aromatic ring is 1. The van der Waals surface area contributed by atoms with Gasteiger partial charge in [-0.2, -0.15) is 0 Å². The van der Waals surface area contributed by atoms with Gasteiger partial charge in [-0.15, -0.1) is 0 Å². The van der Waals surface area contributed by atoms with Crippen LogP contribution >= 0.6 is 0 Å². The molecule has 6 nitrogen and oxygen atoms in total. The van der Waals surface area contributed by atoms with Gasteiger partial charge in [0.1, 0.15) is 11.9 Å². The third kappa shape index (κ3) is 1.90. The van der Waals surface area contributed by atoms with E-state index in [1.165, 1.54) is 0 Å². The number of aromatic nitrogens is 2. The third-order valence-electron chi connectivity index (χ3n) is 1.56. The minimum atomic E-state index is -0.505. The summed E-state index contributed by atoms with van der Waals surface area (Å²) in [5.74, 6) is 0.0278. The zero-order valence-corrected chi connectivity index (χ0v) is 7.39. The largest absolute Gasteiger partial charge is 0.368 e. The summed E-state index contributed by atoms with van der Waals surface area (Å²) >= 11 is 0. The molecule has 1 aromatic heterocycles. The van der Waals surface area contributed by atoms with E-state index < -0.39 is 4.92 Å². The van der Waals surface area contributed by atoms with Crippen molar-refractivity contribution in [2.24, 2.45) is 0 Å². The maximum atomic E-state index is 10.5. The van der Waals surface area contributed by atoms with Crippen LogP contribution in [-0.2, 0) is 0 Å². The van der Waals surface area contributed by atoms with Gasteiger partial charge in [0.2, 0.25) is 5.95 Å². The summed E-state index contributed by atoms with van der Waals surface area (Å²) in [4.78, 5) is 17.4. The van der Waals surface area contributed by atoms with Crippen LogP contribution < -0.4 is 5.73 Å². The van der Waals surface area contributed by atoms with Crippen LogP contribution in [0.25, 0.3) is 0 Å². The van der Waals surface area contributed by atoms with E-state index in [0.29, 0.717) is 5.69 Å². The van der Waals surface area contributed by atoms with Crippen LogP contribution in [0.3, 0.4) is 0 Å². The highest BCUT2D eigenvalue weighted by Gasteiger charge is 2.18. The average molecular weight is 182 g/mol. The Hall–Kier alpha value is -1.72. The standard InChI is InChI=1S/C7H10N4O2/c1-4(2)6-5(11(12)13)3-9-7(8)10-6/h3-4H,1-2H3,(H2,8,9,10). The summed E-state index contributed by atoms with van der Waals surface area (Å²) in [5, 5.41) is 10.5. The smallest absolute Gasteiger partial charge is 0.309 e. The third-order valence-corrected chi connectivity index (χ3v) is 1.56. The number of nitrogens with zero attached hydrogens (tertiary/aromatic N) is 3. The Morgan fingerprint density at radius 3 is 2.69 bits per heavy atom. The first kappa shape index (κ1) is 9.37. The van der Waals surface area contributed by atoms with Crippen molar-refractivity contribution in [2.45, 2.75) is 19.8 Å². The van der Waals surface area contributed by atoms with E-state index in [2.05, 4.69) is 9.97 Å². The summed E-state index contributed by atoms with van der Waals surface area (Å²) in [5.41, 5.74) is 5.61. The van der Waals surface area contributed by atoms with Crippen molar-refractivity contribution in [1.82, 2.24) is 9.97 Å². The lowest BCUT2D eigenvalue weighted by Crippen LogP contribution is -2.05. The highest BCUT2D eigenvalue weighted by molar-refractivity contribution is 5.38. The maximum absolute atomic E-state index is 10.5. The van der Waals surface area contributed by atoms with Gasteiger partial charge in [-0.3, -0.25) is 10.1 Å². The Bertz CT molecular complexity index is 337.